The molecule has 200 valence electrons. The van der Waals surface area contributed by atoms with Crippen LogP contribution in [0.5, 0.6) is 5.75 Å². The third kappa shape index (κ3) is 6.82. The standard InChI is InChI=1S/C26H28N4O6S2/c1-36-20-9-7-18(8-10-20)23(31)11-12-24(32)30-15-13-19(14-16-30)26-27-22(17-37-26)25(33)28-29-38(34,35)21-5-3-2-4-6-21/h2-10,17,19,29H,11-16H2,1H3,(H,28,33). The number of hydrogen-bond acceptors (Lipinski definition) is 8. The summed E-state index contributed by atoms with van der Waals surface area (Å²) in [6, 6.07) is 14.5. The summed E-state index contributed by atoms with van der Waals surface area (Å²) in [4.78, 5) is 45.8. The quantitative estimate of drug-likeness (QED) is 0.289. The molecule has 2 N–H and O–H groups in total. The molecule has 0 atom stereocenters. The van der Waals surface area contributed by atoms with Crippen LogP contribution in [0.3, 0.4) is 0 Å². The van der Waals surface area contributed by atoms with E-state index in [1.165, 1.54) is 23.5 Å². The predicted molar refractivity (Wildman–Crippen MR) is 141 cm³/mol. The van der Waals surface area contributed by atoms with E-state index in [-0.39, 0.29) is 41.0 Å². The second kappa shape index (κ2) is 12.3. The minimum atomic E-state index is -3.89. The molecule has 0 bridgehead atoms. The molecule has 4 rings (SSSR count). The zero-order valence-electron chi connectivity index (χ0n) is 20.8. The molecule has 1 aliphatic heterocycles. The van der Waals surface area contributed by atoms with E-state index in [4.69, 9.17) is 4.74 Å². The number of hydrogen-bond donors (Lipinski definition) is 2. The van der Waals surface area contributed by atoms with Crippen LogP contribution in [0.15, 0.2) is 64.9 Å². The van der Waals surface area contributed by atoms with E-state index in [0.717, 1.165) is 5.01 Å². The normalized spacial score (nSPS) is 14.2. The lowest BCUT2D eigenvalue weighted by Gasteiger charge is -2.31. The number of nitrogens with one attached hydrogen (secondary N) is 2. The number of hydrazine groups is 1. The number of carbonyl (C=O) groups is 3. The number of ether oxygens (including phenoxy) is 1. The van der Waals surface area contributed by atoms with Gasteiger partial charge in [-0.15, -0.1) is 16.2 Å². The summed E-state index contributed by atoms with van der Waals surface area (Å²) in [7, 11) is -2.33. The lowest BCUT2D eigenvalue weighted by atomic mass is 9.97. The van der Waals surface area contributed by atoms with E-state index in [1.807, 2.05) is 0 Å². The first-order chi connectivity index (χ1) is 18.3. The minimum Gasteiger partial charge on any atom is -0.497 e. The number of methoxy groups -OCH3 is 1. The summed E-state index contributed by atoms with van der Waals surface area (Å²) in [5.41, 5.74) is 2.87. The Kier molecular flexibility index (Phi) is 8.87. The molecular weight excluding hydrogens is 528 g/mol. The molecule has 1 aliphatic rings. The van der Waals surface area contributed by atoms with Gasteiger partial charge >= 0.3 is 0 Å². The molecule has 10 nitrogen and oxygen atoms in total. The topological polar surface area (TPSA) is 135 Å². The van der Waals surface area contributed by atoms with E-state index < -0.39 is 15.9 Å². The summed E-state index contributed by atoms with van der Waals surface area (Å²) >= 11 is 1.33. The molecule has 12 heteroatoms. The first-order valence-electron chi connectivity index (χ1n) is 12.0. The van der Waals surface area contributed by atoms with E-state index in [0.29, 0.717) is 37.2 Å². The number of piperidine rings is 1. The fourth-order valence-electron chi connectivity index (χ4n) is 4.09. The number of carbonyl (C=O) groups excluding carboxylic acids is 3. The number of amides is 2. The largest absolute Gasteiger partial charge is 0.497 e. The fraction of sp³-hybridized carbons (Fsp3) is 0.308. The molecular formula is C26H28N4O6S2. The van der Waals surface area contributed by atoms with Crippen LogP contribution in [0.25, 0.3) is 0 Å². The molecule has 0 unspecified atom stereocenters. The zero-order chi connectivity index (χ0) is 27.1. The molecule has 0 radical (unpaired) electrons. The first-order valence-corrected chi connectivity index (χ1v) is 14.4. The molecule has 1 aromatic heterocycles. The Morgan fingerprint density at radius 3 is 2.37 bits per heavy atom. The van der Waals surface area contributed by atoms with Crippen molar-refractivity contribution >= 4 is 39.0 Å². The minimum absolute atomic E-state index is 0.0330. The van der Waals surface area contributed by atoms with Gasteiger partial charge in [0.05, 0.1) is 17.0 Å². The van der Waals surface area contributed by atoms with Gasteiger partial charge in [-0.3, -0.25) is 19.8 Å². The van der Waals surface area contributed by atoms with E-state index in [1.54, 1.807) is 59.9 Å². The lowest BCUT2D eigenvalue weighted by Crippen LogP contribution is -2.41. The summed E-state index contributed by atoms with van der Waals surface area (Å²) in [6.07, 6.45) is 1.67. The highest BCUT2D eigenvalue weighted by Gasteiger charge is 2.27. The number of aromatic nitrogens is 1. The number of Topliss-reactive ketones (excluding diaryl/α,β-unsaturated/α-hetero) is 1. The van der Waals surface area contributed by atoms with E-state index in [2.05, 4.69) is 15.2 Å². The van der Waals surface area contributed by atoms with Crippen LogP contribution in [0.2, 0.25) is 0 Å². The number of benzene rings is 2. The number of rotatable bonds is 10. The third-order valence-corrected chi connectivity index (χ3v) is 8.55. The van der Waals surface area contributed by atoms with Crippen LogP contribution in [0.1, 0.15) is 57.5 Å². The highest BCUT2D eigenvalue weighted by Crippen LogP contribution is 2.30. The number of thiazole rings is 1. The molecule has 0 saturated carbocycles. The summed E-state index contributed by atoms with van der Waals surface area (Å²) in [6.45, 7) is 1.08. The van der Waals surface area contributed by atoms with Gasteiger partial charge in [0, 0.05) is 42.8 Å². The van der Waals surface area contributed by atoms with Gasteiger partial charge in [-0.1, -0.05) is 18.2 Å². The molecule has 2 heterocycles. The van der Waals surface area contributed by atoms with Crippen LogP contribution in [0, 0.1) is 0 Å². The maximum Gasteiger partial charge on any atom is 0.285 e. The average Bonchev–Trinajstić information content (AvgIpc) is 3.46. The van der Waals surface area contributed by atoms with Crippen LogP contribution >= 0.6 is 11.3 Å². The van der Waals surface area contributed by atoms with Gasteiger partial charge < -0.3 is 9.64 Å². The highest BCUT2D eigenvalue weighted by atomic mass is 32.2. The summed E-state index contributed by atoms with van der Waals surface area (Å²) in [5, 5.41) is 2.35. The van der Waals surface area contributed by atoms with Crippen molar-refractivity contribution in [3.8, 4) is 5.75 Å². The molecule has 0 aliphatic carbocycles. The molecule has 38 heavy (non-hydrogen) atoms. The Labute approximate surface area is 225 Å². The average molecular weight is 557 g/mol. The summed E-state index contributed by atoms with van der Waals surface area (Å²) in [5.74, 6) is -0.0411. The second-order valence-corrected chi connectivity index (χ2v) is 11.3. The number of nitrogens with zero attached hydrogens (tertiary/aromatic N) is 2. The molecule has 1 saturated heterocycles. The molecule has 0 spiro atoms. The molecule has 1 fully saturated rings. The SMILES string of the molecule is COc1ccc(C(=O)CCC(=O)N2CCC(c3nc(C(=O)NNS(=O)(=O)c4ccccc4)cs3)CC2)cc1. The van der Waals surface area contributed by atoms with Gasteiger partial charge in [0.25, 0.3) is 15.9 Å². The van der Waals surface area contributed by atoms with Crippen molar-refractivity contribution < 1.29 is 27.5 Å². The maximum atomic E-state index is 12.7. The monoisotopic (exact) mass is 556 g/mol. The van der Waals surface area contributed by atoms with Crippen molar-refractivity contribution in [1.82, 2.24) is 20.1 Å². The first kappa shape index (κ1) is 27.4. The zero-order valence-corrected chi connectivity index (χ0v) is 22.4. The number of ketones is 1. The van der Waals surface area contributed by atoms with Gasteiger partial charge in [-0.2, -0.15) is 0 Å². The Morgan fingerprint density at radius 1 is 1.03 bits per heavy atom. The van der Waals surface area contributed by atoms with E-state index in [9.17, 15) is 22.8 Å². The number of likely N-dealkylation sites (tertiary alicyclic amines) is 1. The van der Waals surface area contributed by atoms with Crippen molar-refractivity contribution in [3.05, 3.63) is 76.2 Å². The Hall–Kier alpha value is -3.61. The fourth-order valence-corrected chi connectivity index (χ4v) is 5.92. The third-order valence-electron chi connectivity index (χ3n) is 6.28. The van der Waals surface area contributed by atoms with Crippen molar-refractivity contribution in [2.24, 2.45) is 0 Å². The van der Waals surface area contributed by atoms with Crippen molar-refractivity contribution in [2.75, 3.05) is 20.2 Å². The predicted octanol–water partition coefficient (Wildman–Crippen LogP) is 3.14. The lowest BCUT2D eigenvalue weighted by molar-refractivity contribution is -0.132. The van der Waals surface area contributed by atoms with Crippen LogP contribution in [-0.2, 0) is 14.8 Å². The molecule has 2 aromatic carbocycles. The van der Waals surface area contributed by atoms with Gasteiger partial charge in [0.2, 0.25) is 5.91 Å². The van der Waals surface area contributed by atoms with E-state index >= 15 is 0 Å². The summed E-state index contributed by atoms with van der Waals surface area (Å²) < 4.78 is 29.7. The van der Waals surface area contributed by atoms with Crippen molar-refractivity contribution in [1.29, 1.82) is 0 Å². The molecule has 2 amide bonds. The van der Waals surface area contributed by atoms with Crippen LogP contribution < -0.4 is 15.0 Å². The smallest absolute Gasteiger partial charge is 0.285 e. The second-order valence-electron chi connectivity index (χ2n) is 8.75. The van der Waals surface area contributed by atoms with Crippen LogP contribution in [0.4, 0.5) is 0 Å². The van der Waals surface area contributed by atoms with Gasteiger partial charge in [0.15, 0.2) is 5.78 Å². The molecule has 3 aromatic rings. The van der Waals surface area contributed by atoms with Gasteiger partial charge in [-0.05, 0) is 49.2 Å². The van der Waals surface area contributed by atoms with Gasteiger partial charge in [0.1, 0.15) is 11.4 Å². The van der Waals surface area contributed by atoms with Crippen molar-refractivity contribution in [2.45, 2.75) is 36.5 Å². The van der Waals surface area contributed by atoms with Gasteiger partial charge in [-0.25, -0.2) is 13.4 Å². The Morgan fingerprint density at radius 2 is 1.71 bits per heavy atom. The highest BCUT2D eigenvalue weighted by molar-refractivity contribution is 7.89. The number of sulfonamides is 1. The Bertz CT molecular complexity index is 1380. The maximum absolute atomic E-state index is 12.7. The Balaban J connectivity index is 1.23. The van der Waals surface area contributed by atoms with Crippen molar-refractivity contribution in [3.63, 3.8) is 0 Å². The van der Waals surface area contributed by atoms with Crippen LogP contribution in [-0.4, -0.2) is 56.1 Å².